The van der Waals surface area contributed by atoms with E-state index in [1.165, 1.54) is 24.0 Å². The van der Waals surface area contributed by atoms with E-state index in [0.29, 0.717) is 18.5 Å². The van der Waals surface area contributed by atoms with E-state index in [2.05, 4.69) is 5.32 Å². The second-order valence-corrected chi connectivity index (χ2v) is 9.68. The van der Waals surface area contributed by atoms with Crippen LogP contribution in [0.15, 0.2) is 54.6 Å². The standard InChI is InChI=1S/C24H31N3O5S/c1-5-25-24(30)18(2)26(15-14-20-10-7-6-8-11-20)23(29)17-27(33(4,31)32)22-13-9-12-21(16-22)19(3)28/h6-13,16,18H,5,14-15,17H2,1-4H3,(H,25,30)/t18-/m1/s1. The van der Waals surface area contributed by atoms with Gasteiger partial charge in [-0.1, -0.05) is 42.5 Å². The molecule has 8 nitrogen and oxygen atoms in total. The minimum Gasteiger partial charge on any atom is -0.355 e. The van der Waals surface area contributed by atoms with Gasteiger partial charge in [0.1, 0.15) is 12.6 Å². The van der Waals surface area contributed by atoms with Crippen molar-refractivity contribution >= 4 is 33.3 Å². The molecule has 0 aliphatic carbocycles. The highest BCUT2D eigenvalue weighted by molar-refractivity contribution is 7.92. The highest BCUT2D eigenvalue weighted by Crippen LogP contribution is 2.20. The van der Waals surface area contributed by atoms with Gasteiger partial charge in [-0.05, 0) is 44.9 Å². The number of anilines is 1. The predicted molar refractivity (Wildman–Crippen MR) is 129 cm³/mol. The van der Waals surface area contributed by atoms with Gasteiger partial charge in [0.25, 0.3) is 0 Å². The maximum absolute atomic E-state index is 13.3. The average Bonchev–Trinajstić information content (AvgIpc) is 2.77. The van der Waals surface area contributed by atoms with Crippen molar-refractivity contribution in [1.82, 2.24) is 10.2 Å². The summed E-state index contributed by atoms with van der Waals surface area (Å²) in [7, 11) is -3.84. The average molecular weight is 474 g/mol. The lowest BCUT2D eigenvalue weighted by atomic mass is 10.1. The predicted octanol–water partition coefficient (Wildman–Crippen LogP) is 2.25. The lowest BCUT2D eigenvalue weighted by Gasteiger charge is -2.31. The lowest BCUT2D eigenvalue weighted by Crippen LogP contribution is -2.52. The molecule has 0 bridgehead atoms. The van der Waals surface area contributed by atoms with Crippen LogP contribution in [-0.2, 0) is 26.0 Å². The summed E-state index contributed by atoms with van der Waals surface area (Å²) in [4.78, 5) is 39.0. The molecule has 0 aromatic heterocycles. The van der Waals surface area contributed by atoms with Crippen molar-refractivity contribution in [2.24, 2.45) is 0 Å². The van der Waals surface area contributed by atoms with Gasteiger partial charge in [0, 0.05) is 18.7 Å². The third-order valence-corrected chi connectivity index (χ3v) is 6.36. The summed E-state index contributed by atoms with van der Waals surface area (Å²) in [5.41, 5.74) is 1.55. The van der Waals surface area contributed by atoms with E-state index in [1.807, 2.05) is 30.3 Å². The number of ketones is 1. The van der Waals surface area contributed by atoms with Gasteiger partial charge >= 0.3 is 0 Å². The highest BCUT2D eigenvalue weighted by atomic mass is 32.2. The molecule has 0 radical (unpaired) electrons. The Morgan fingerprint density at radius 1 is 1.03 bits per heavy atom. The third kappa shape index (κ3) is 7.42. The van der Waals surface area contributed by atoms with E-state index in [1.54, 1.807) is 26.0 Å². The van der Waals surface area contributed by atoms with Crippen LogP contribution in [-0.4, -0.2) is 62.8 Å². The molecule has 9 heteroatoms. The number of benzene rings is 2. The number of sulfonamides is 1. The summed E-state index contributed by atoms with van der Waals surface area (Å²) in [6.07, 6.45) is 1.51. The molecular formula is C24H31N3O5S. The van der Waals surface area contributed by atoms with Gasteiger partial charge in [-0.2, -0.15) is 0 Å². The lowest BCUT2D eigenvalue weighted by molar-refractivity contribution is -0.138. The Morgan fingerprint density at radius 2 is 1.70 bits per heavy atom. The Labute approximate surface area is 195 Å². The zero-order chi connectivity index (χ0) is 24.6. The van der Waals surface area contributed by atoms with Crippen molar-refractivity contribution in [3.8, 4) is 0 Å². The number of rotatable bonds is 11. The van der Waals surface area contributed by atoms with E-state index in [4.69, 9.17) is 0 Å². The van der Waals surface area contributed by atoms with E-state index < -0.39 is 28.5 Å². The Hall–Kier alpha value is -3.20. The number of carbonyl (C=O) groups is 3. The second kappa shape index (κ2) is 11.6. The van der Waals surface area contributed by atoms with Gasteiger partial charge in [0.2, 0.25) is 21.8 Å². The first-order valence-corrected chi connectivity index (χ1v) is 12.6. The van der Waals surface area contributed by atoms with Crippen LogP contribution in [0, 0.1) is 0 Å². The SMILES string of the molecule is CCNC(=O)[C@@H](C)N(CCc1ccccc1)C(=O)CN(c1cccc(C(C)=O)c1)S(C)(=O)=O. The molecule has 0 spiro atoms. The molecule has 0 fully saturated rings. The van der Waals surface area contributed by atoms with Crippen LogP contribution < -0.4 is 9.62 Å². The first-order valence-electron chi connectivity index (χ1n) is 10.7. The molecule has 0 heterocycles. The number of carbonyl (C=O) groups excluding carboxylic acids is 3. The number of nitrogens with zero attached hydrogens (tertiary/aromatic N) is 2. The first kappa shape index (κ1) is 26.1. The number of hydrogen-bond acceptors (Lipinski definition) is 5. The van der Waals surface area contributed by atoms with Crippen molar-refractivity contribution in [1.29, 1.82) is 0 Å². The minimum atomic E-state index is -3.84. The summed E-state index contributed by atoms with van der Waals surface area (Å²) < 4.78 is 26.1. The van der Waals surface area contributed by atoms with Crippen molar-refractivity contribution in [3.63, 3.8) is 0 Å². The molecule has 33 heavy (non-hydrogen) atoms. The van der Waals surface area contributed by atoms with Crippen LogP contribution in [0.3, 0.4) is 0 Å². The number of nitrogens with one attached hydrogen (secondary N) is 1. The monoisotopic (exact) mass is 473 g/mol. The molecule has 0 saturated heterocycles. The Kier molecular flexibility index (Phi) is 9.16. The van der Waals surface area contributed by atoms with Crippen LogP contribution in [0.4, 0.5) is 5.69 Å². The maximum atomic E-state index is 13.3. The van der Waals surface area contributed by atoms with E-state index in [0.717, 1.165) is 16.1 Å². The van der Waals surface area contributed by atoms with Crippen LogP contribution in [0.5, 0.6) is 0 Å². The molecule has 2 aromatic carbocycles. The molecular weight excluding hydrogens is 442 g/mol. The minimum absolute atomic E-state index is 0.215. The number of amides is 2. The van der Waals surface area contributed by atoms with Gasteiger partial charge < -0.3 is 10.2 Å². The Balaban J connectivity index is 2.34. The van der Waals surface area contributed by atoms with Crippen LogP contribution >= 0.6 is 0 Å². The largest absolute Gasteiger partial charge is 0.355 e. The number of likely N-dealkylation sites (N-methyl/N-ethyl adjacent to an activating group) is 1. The molecule has 2 rings (SSSR count). The van der Waals surface area contributed by atoms with Crippen LogP contribution in [0.1, 0.15) is 36.7 Å². The van der Waals surface area contributed by atoms with Crippen molar-refractivity contribution in [2.75, 3.05) is 30.2 Å². The number of Topliss-reactive ketones (excluding diaryl/α,β-unsaturated/α-hetero) is 1. The maximum Gasteiger partial charge on any atom is 0.244 e. The fraction of sp³-hybridized carbons (Fsp3) is 0.375. The smallest absolute Gasteiger partial charge is 0.244 e. The molecule has 0 aliphatic rings. The summed E-state index contributed by atoms with van der Waals surface area (Å²) in [5, 5.41) is 2.71. The van der Waals surface area contributed by atoms with Gasteiger partial charge in [-0.25, -0.2) is 8.42 Å². The summed E-state index contributed by atoms with van der Waals surface area (Å²) >= 11 is 0. The van der Waals surface area contributed by atoms with Gasteiger partial charge in [-0.3, -0.25) is 18.7 Å². The molecule has 0 saturated carbocycles. The zero-order valence-electron chi connectivity index (χ0n) is 19.4. The van der Waals surface area contributed by atoms with Crippen molar-refractivity contribution in [2.45, 2.75) is 33.2 Å². The number of hydrogen-bond donors (Lipinski definition) is 1. The van der Waals surface area contributed by atoms with Gasteiger partial charge in [0.15, 0.2) is 5.78 Å². The molecule has 1 atom stereocenters. The third-order valence-electron chi connectivity index (χ3n) is 5.22. The summed E-state index contributed by atoms with van der Waals surface area (Å²) in [6, 6.07) is 14.9. The topological polar surface area (TPSA) is 104 Å². The molecule has 0 aliphatic heterocycles. The van der Waals surface area contributed by atoms with Crippen LogP contribution in [0.25, 0.3) is 0 Å². The normalized spacial score (nSPS) is 12.0. The second-order valence-electron chi connectivity index (χ2n) is 7.77. The zero-order valence-corrected chi connectivity index (χ0v) is 20.3. The Bertz CT molecular complexity index is 1090. The Morgan fingerprint density at radius 3 is 2.27 bits per heavy atom. The molecule has 2 aromatic rings. The van der Waals surface area contributed by atoms with E-state index in [9.17, 15) is 22.8 Å². The van der Waals surface area contributed by atoms with E-state index >= 15 is 0 Å². The molecule has 178 valence electrons. The van der Waals surface area contributed by atoms with Crippen molar-refractivity contribution in [3.05, 3.63) is 65.7 Å². The van der Waals surface area contributed by atoms with Gasteiger partial charge in [-0.15, -0.1) is 0 Å². The summed E-state index contributed by atoms with van der Waals surface area (Å²) in [6.45, 7) is 4.96. The quantitative estimate of drug-likeness (QED) is 0.504. The molecule has 1 N–H and O–H groups in total. The highest BCUT2D eigenvalue weighted by Gasteiger charge is 2.29. The summed E-state index contributed by atoms with van der Waals surface area (Å²) in [5.74, 6) is -1.04. The molecule has 0 unspecified atom stereocenters. The first-order chi connectivity index (χ1) is 15.5. The molecule has 2 amide bonds. The van der Waals surface area contributed by atoms with Crippen LogP contribution in [0.2, 0.25) is 0 Å². The van der Waals surface area contributed by atoms with Gasteiger partial charge in [0.05, 0.1) is 11.9 Å². The fourth-order valence-corrected chi connectivity index (χ4v) is 4.23. The van der Waals surface area contributed by atoms with E-state index in [-0.39, 0.29) is 23.9 Å². The van der Waals surface area contributed by atoms with Crippen molar-refractivity contribution < 1.29 is 22.8 Å². The fourth-order valence-electron chi connectivity index (χ4n) is 3.39.